The van der Waals surface area contributed by atoms with Crippen LogP contribution >= 0.6 is 24.0 Å². The molecule has 27 heavy (non-hydrogen) atoms. The number of para-hydroxylation sites is 1. The van der Waals surface area contributed by atoms with Gasteiger partial charge in [-0.25, -0.2) is 0 Å². The van der Waals surface area contributed by atoms with Crippen molar-refractivity contribution < 1.29 is 9.47 Å². The molecule has 0 atom stereocenters. The number of benzene rings is 1. The van der Waals surface area contributed by atoms with Gasteiger partial charge in [-0.1, -0.05) is 24.6 Å². The highest BCUT2D eigenvalue weighted by Gasteiger charge is 2.09. The number of piperidine rings is 1. The van der Waals surface area contributed by atoms with Crippen LogP contribution in [0.4, 0.5) is 0 Å². The zero-order valence-electron chi connectivity index (χ0n) is 16.7. The lowest BCUT2D eigenvalue weighted by Crippen LogP contribution is -2.40. The van der Waals surface area contributed by atoms with Crippen LogP contribution in [0.5, 0.6) is 5.75 Å². The SMILES string of the molecule is CCNC(=NCCN1CCCCC1)NCCOCc1ccccc1OC.I. The largest absolute Gasteiger partial charge is 0.496 e. The molecular formula is C20H35IN4O2. The molecule has 1 heterocycles. The number of halogens is 1. The van der Waals surface area contributed by atoms with Crippen LogP contribution in [0.15, 0.2) is 29.3 Å². The first-order valence-electron chi connectivity index (χ1n) is 9.77. The molecule has 2 N–H and O–H groups in total. The molecule has 0 saturated carbocycles. The van der Waals surface area contributed by atoms with E-state index in [9.17, 15) is 0 Å². The Bertz CT molecular complexity index is 536. The van der Waals surface area contributed by atoms with Crippen LogP contribution in [-0.2, 0) is 11.3 Å². The van der Waals surface area contributed by atoms with Gasteiger partial charge in [-0.15, -0.1) is 24.0 Å². The maximum absolute atomic E-state index is 5.76. The minimum absolute atomic E-state index is 0. The lowest BCUT2D eigenvalue weighted by atomic mass is 10.1. The second-order valence-corrected chi connectivity index (χ2v) is 6.45. The van der Waals surface area contributed by atoms with E-state index in [0.29, 0.717) is 13.2 Å². The lowest BCUT2D eigenvalue weighted by Gasteiger charge is -2.25. The number of nitrogens with one attached hydrogen (secondary N) is 2. The first-order chi connectivity index (χ1) is 12.8. The number of nitrogens with zero attached hydrogens (tertiary/aromatic N) is 2. The first kappa shape index (κ1) is 24.0. The van der Waals surface area contributed by atoms with Crippen LogP contribution in [0, 0.1) is 0 Å². The fraction of sp³-hybridized carbons (Fsp3) is 0.650. The van der Waals surface area contributed by atoms with E-state index in [4.69, 9.17) is 9.47 Å². The molecule has 0 spiro atoms. The van der Waals surface area contributed by atoms with Crippen LogP contribution in [0.25, 0.3) is 0 Å². The van der Waals surface area contributed by atoms with Crippen molar-refractivity contribution in [2.45, 2.75) is 32.8 Å². The van der Waals surface area contributed by atoms with Crippen molar-refractivity contribution in [2.24, 2.45) is 4.99 Å². The molecule has 2 rings (SSSR count). The topological polar surface area (TPSA) is 58.1 Å². The van der Waals surface area contributed by atoms with Gasteiger partial charge >= 0.3 is 0 Å². The van der Waals surface area contributed by atoms with Gasteiger partial charge in [-0.05, 0) is 38.9 Å². The fourth-order valence-electron chi connectivity index (χ4n) is 3.07. The fourth-order valence-corrected chi connectivity index (χ4v) is 3.07. The molecule has 0 amide bonds. The van der Waals surface area contributed by atoms with Gasteiger partial charge in [-0.2, -0.15) is 0 Å². The van der Waals surface area contributed by atoms with Crippen molar-refractivity contribution in [1.29, 1.82) is 0 Å². The Morgan fingerprint density at radius 1 is 1.15 bits per heavy atom. The van der Waals surface area contributed by atoms with E-state index in [2.05, 4.69) is 27.4 Å². The number of aliphatic imine (C=N–C) groups is 1. The molecule has 154 valence electrons. The highest BCUT2D eigenvalue weighted by atomic mass is 127. The van der Waals surface area contributed by atoms with Crippen molar-refractivity contribution in [3.8, 4) is 5.75 Å². The Morgan fingerprint density at radius 2 is 1.93 bits per heavy atom. The summed E-state index contributed by atoms with van der Waals surface area (Å²) in [4.78, 5) is 7.17. The molecule has 1 aromatic carbocycles. The summed E-state index contributed by atoms with van der Waals surface area (Å²) in [6, 6.07) is 7.94. The Balaban J connectivity index is 0.00000364. The number of rotatable bonds is 10. The van der Waals surface area contributed by atoms with Crippen LogP contribution in [0.2, 0.25) is 0 Å². The van der Waals surface area contributed by atoms with Gasteiger partial charge in [0.15, 0.2) is 5.96 Å². The molecule has 0 bridgehead atoms. The number of likely N-dealkylation sites (tertiary alicyclic amines) is 1. The smallest absolute Gasteiger partial charge is 0.191 e. The van der Waals surface area contributed by atoms with E-state index in [0.717, 1.165) is 43.5 Å². The van der Waals surface area contributed by atoms with E-state index >= 15 is 0 Å². The number of hydrogen-bond acceptors (Lipinski definition) is 4. The van der Waals surface area contributed by atoms with Crippen molar-refractivity contribution >= 4 is 29.9 Å². The Labute approximate surface area is 181 Å². The van der Waals surface area contributed by atoms with Gasteiger partial charge in [0.05, 0.1) is 26.9 Å². The molecule has 1 saturated heterocycles. The minimum atomic E-state index is 0. The van der Waals surface area contributed by atoms with Gasteiger partial charge in [0.25, 0.3) is 0 Å². The van der Waals surface area contributed by atoms with Crippen LogP contribution in [0.1, 0.15) is 31.7 Å². The van der Waals surface area contributed by atoms with Crippen molar-refractivity contribution in [3.05, 3.63) is 29.8 Å². The second-order valence-electron chi connectivity index (χ2n) is 6.45. The van der Waals surface area contributed by atoms with E-state index in [-0.39, 0.29) is 24.0 Å². The quantitative estimate of drug-likeness (QED) is 0.229. The molecule has 1 aliphatic rings. The third-order valence-corrected chi connectivity index (χ3v) is 4.47. The molecule has 1 aliphatic heterocycles. The summed E-state index contributed by atoms with van der Waals surface area (Å²) in [5, 5.41) is 6.63. The maximum atomic E-state index is 5.76. The van der Waals surface area contributed by atoms with Crippen molar-refractivity contribution in [1.82, 2.24) is 15.5 Å². The second kappa shape index (κ2) is 14.9. The Hall–Kier alpha value is -1.06. The summed E-state index contributed by atoms with van der Waals surface area (Å²) in [5.74, 6) is 1.73. The van der Waals surface area contributed by atoms with Gasteiger partial charge in [0.2, 0.25) is 0 Å². The van der Waals surface area contributed by atoms with Crippen molar-refractivity contribution in [2.75, 3.05) is 53.0 Å². The summed E-state index contributed by atoms with van der Waals surface area (Å²) in [6.45, 7) is 9.15. The summed E-state index contributed by atoms with van der Waals surface area (Å²) in [6.07, 6.45) is 4.02. The first-order valence-corrected chi connectivity index (χ1v) is 9.77. The van der Waals surface area contributed by atoms with Gasteiger partial charge in [0, 0.05) is 25.2 Å². The lowest BCUT2D eigenvalue weighted by molar-refractivity contribution is 0.123. The van der Waals surface area contributed by atoms with E-state index in [1.807, 2.05) is 24.3 Å². The maximum Gasteiger partial charge on any atom is 0.191 e. The number of methoxy groups -OCH3 is 1. The van der Waals surface area contributed by atoms with Gasteiger partial charge in [-0.3, -0.25) is 4.99 Å². The molecule has 0 radical (unpaired) electrons. The molecule has 0 aliphatic carbocycles. The highest BCUT2D eigenvalue weighted by Crippen LogP contribution is 2.17. The molecule has 1 aromatic rings. The third-order valence-electron chi connectivity index (χ3n) is 4.47. The molecule has 0 unspecified atom stereocenters. The van der Waals surface area contributed by atoms with Crippen LogP contribution in [-0.4, -0.2) is 63.8 Å². The summed E-state index contributed by atoms with van der Waals surface area (Å²) in [7, 11) is 1.68. The normalized spacial score (nSPS) is 15.1. The Kier molecular flexibility index (Phi) is 13.3. The zero-order chi connectivity index (χ0) is 18.5. The number of hydrogen-bond donors (Lipinski definition) is 2. The minimum Gasteiger partial charge on any atom is -0.496 e. The predicted octanol–water partition coefficient (Wildman–Crippen LogP) is 2.87. The summed E-state index contributed by atoms with van der Waals surface area (Å²) < 4.78 is 11.1. The van der Waals surface area contributed by atoms with E-state index < -0.39 is 0 Å². The standard InChI is InChI=1S/C20H34N4O2.HI/c1-3-21-20(22-11-15-24-13-7-4-8-14-24)23-12-16-26-17-18-9-5-6-10-19(18)25-2;/h5-6,9-10H,3-4,7-8,11-17H2,1-2H3,(H2,21,22,23);1H. The molecule has 1 fully saturated rings. The van der Waals surface area contributed by atoms with Crippen LogP contribution < -0.4 is 15.4 Å². The average Bonchev–Trinajstić information content (AvgIpc) is 2.69. The third kappa shape index (κ3) is 9.62. The van der Waals surface area contributed by atoms with E-state index in [1.54, 1.807) is 7.11 Å². The zero-order valence-corrected chi connectivity index (χ0v) is 19.0. The predicted molar refractivity (Wildman–Crippen MR) is 122 cm³/mol. The van der Waals surface area contributed by atoms with Gasteiger partial charge in [0.1, 0.15) is 5.75 Å². The molecule has 6 nitrogen and oxygen atoms in total. The summed E-state index contributed by atoms with van der Waals surface area (Å²) in [5.41, 5.74) is 1.07. The van der Waals surface area contributed by atoms with Gasteiger partial charge < -0.3 is 25.0 Å². The molecule has 0 aromatic heterocycles. The van der Waals surface area contributed by atoms with Crippen LogP contribution in [0.3, 0.4) is 0 Å². The number of guanidine groups is 1. The van der Waals surface area contributed by atoms with E-state index in [1.165, 1.54) is 32.4 Å². The number of ether oxygens (including phenoxy) is 2. The summed E-state index contributed by atoms with van der Waals surface area (Å²) >= 11 is 0. The van der Waals surface area contributed by atoms with Crippen molar-refractivity contribution in [3.63, 3.8) is 0 Å². The average molecular weight is 490 g/mol. The Morgan fingerprint density at radius 3 is 2.67 bits per heavy atom. The highest BCUT2D eigenvalue weighted by molar-refractivity contribution is 14.0. The molecular weight excluding hydrogens is 455 g/mol. The monoisotopic (exact) mass is 490 g/mol. The molecule has 7 heteroatoms.